The van der Waals surface area contributed by atoms with Crippen LogP contribution in [-0.4, -0.2) is 43.1 Å². The molecule has 3 rings (SSSR count). The van der Waals surface area contributed by atoms with Crippen LogP contribution < -0.4 is 15.4 Å². The van der Waals surface area contributed by atoms with Gasteiger partial charge in [-0.05, 0) is 62.4 Å². The first kappa shape index (κ1) is 23.6. The van der Waals surface area contributed by atoms with E-state index < -0.39 is 0 Å². The SMILES string of the molecule is COc1ccccc1CCNC(=O)C1CCC(c2ccc(F)cc2)N(C(=O)NC(C)C)C1. The van der Waals surface area contributed by atoms with Crippen molar-refractivity contribution in [3.63, 3.8) is 0 Å². The van der Waals surface area contributed by atoms with Gasteiger partial charge >= 0.3 is 6.03 Å². The second-order valence-corrected chi connectivity index (χ2v) is 8.45. The van der Waals surface area contributed by atoms with E-state index in [9.17, 15) is 14.0 Å². The van der Waals surface area contributed by atoms with Gasteiger partial charge in [-0.3, -0.25) is 4.79 Å². The topological polar surface area (TPSA) is 70.7 Å². The summed E-state index contributed by atoms with van der Waals surface area (Å²) in [5.41, 5.74) is 1.91. The second kappa shape index (κ2) is 11.0. The van der Waals surface area contributed by atoms with Crippen LogP contribution >= 0.6 is 0 Å². The highest BCUT2D eigenvalue weighted by molar-refractivity contribution is 5.81. The molecule has 2 aromatic rings. The van der Waals surface area contributed by atoms with Gasteiger partial charge in [-0.15, -0.1) is 0 Å². The number of urea groups is 1. The molecule has 7 heteroatoms. The zero-order valence-electron chi connectivity index (χ0n) is 18.9. The molecule has 1 saturated heterocycles. The normalized spacial score (nSPS) is 18.3. The Morgan fingerprint density at radius 1 is 1.12 bits per heavy atom. The smallest absolute Gasteiger partial charge is 0.318 e. The molecule has 1 aliphatic heterocycles. The van der Waals surface area contributed by atoms with Crippen molar-refractivity contribution in [1.29, 1.82) is 0 Å². The number of benzene rings is 2. The maximum Gasteiger partial charge on any atom is 0.318 e. The van der Waals surface area contributed by atoms with E-state index in [1.54, 1.807) is 24.1 Å². The minimum absolute atomic E-state index is 0.0218. The first-order chi connectivity index (χ1) is 15.4. The zero-order valence-corrected chi connectivity index (χ0v) is 18.9. The molecule has 1 fully saturated rings. The molecule has 0 radical (unpaired) electrons. The Morgan fingerprint density at radius 3 is 2.53 bits per heavy atom. The number of likely N-dealkylation sites (tertiary alicyclic amines) is 1. The summed E-state index contributed by atoms with van der Waals surface area (Å²) in [6.45, 7) is 4.62. The lowest BCUT2D eigenvalue weighted by Crippen LogP contribution is -2.51. The van der Waals surface area contributed by atoms with Crippen LogP contribution in [0.15, 0.2) is 48.5 Å². The van der Waals surface area contributed by atoms with Crippen molar-refractivity contribution >= 4 is 11.9 Å². The van der Waals surface area contributed by atoms with E-state index in [0.717, 1.165) is 16.9 Å². The van der Waals surface area contributed by atoms with Crippen molar-refractivity contribution in [2.75, 3.05) is 20.2 Å². The highest BCUT2D eigenvalue weighted by Crippen LogP contribution is 2.33. The quantitative estimate of drug-likeness (QED) is 0.681. The van der Waals surface area contributed by atoms with Crippen molar-refractivity contribution < 1.29 is 18.7 Å². The fraction of sp³-hybridized carbons (Fsp3) is 0.440. The summed E-state index contributed by atoms with van der Waals surface area (Å²) in [5.74, 6) is 0.148. The number of nitrogens with one attached hydrogen (secondary N) is 2. The number of carbonyl (C=O) groups excluding carboxylic acids is 2. The Kier molecular flexibility index (Phi) is 8.09. The zero-order chi connectivity index (χ0) is 23.1. The van der Waals surface area contributed by atoms with Crippen molar-refractivity contribution in [3.8, 4) is 5.75 Å². The van der Waals surface area contributed by atoms with E-state index in [-0.39, 0.29) is 35.8 Å². The minimum atomic E-state index is -0.310. The average Bonchev–Trinajstić information content (AvgIpc) is 2.79. The molecular weight excluding hydrogens is 409 g/mol. The molecule has 0 saturated carbocycles. The van der Waals surface area contributed by atoms with Crippen molar-refractivity contribution in [1.82, 2.24) is 15.5 Å². The molecule has 1 aliphatic rings. The van der Waals surface area contributed by atoms with Gasteiger partial charge in [0.15, 0.2) is 0 Å². The summed E-state index contributed by atoms with van der Waals surface area (Å²) in [6, 6.07) is 13.6. The molecule has 2 unspecified atom stereocenters. The number of rotatable bonds is 7. The van der Waals surface area contributed by atoms with E-state index >= 15 is 0 Å². The van der Waals surface area contributed by atoms with E-state index in [0.29, 0.717) is 32.4 Å². The van der Waals surface area contributed by atoms with Crippen LogP contribution in [0.25, 0.3) is 0 Å². The van der Waals surface area contributed by atoms with Crippen LogP contribution in [0.5, 0.6) is 5.75 Å². The third-order valence-electron chi connectivity index (χ3n) is 5.77. The summed E-state index contributed by atoms with van der Waals surface area (Å²) in [4.78, 5) is 27.5. The molecule has 1 heterocycles. The molecule has 2 atom stereocenters. The summed E-state index contributed by atoms with van der Waals surface area (Å²) in [5, 5.41) is 5.94. The van der Waals surface area contributed by atoms with Crippen molar-refractivity contribution in [2.45, 2.75) is 45.2 Å². The lowest BCUT2D eigenvalue weighted by molar-refractivity contribution is -0.126. The Hall–Kier alpha value is -3.09. The summed E-state index contributed by atoms with van der Waals surface area (Å²) < 4.78 is 18.7. The lowest BCUT2D eigenvalue weighted by Gasteiger charge is -2.39. The van der Waals surface area contributed by atoms with Crippen LogP contribution in [0, 0.1) is 11.7 Å². The summed E-state index contributed by atoms with van der Waals surface area (Å²) >= 11 is 0. The number of piperidine rings is 1. The van der Waals surface area contributed by atoms with E-state index in [4.69, 9.17) is 4.74 Å². The van der Waals surface area contributed by atoms with Gasteiger partial charge in [0, 0.05) is 19.1 Å². The molecular formula is C25H32FN3O3. The van der Waals surface area contributed by atoms with Crippen molar-refractivity contribution in [2.24, 2.45) is 5.92 Å². The van der Waals surface area contributed by atoms with Gasteiger partial charge in [-0.25, -0.2) is 9.18 Å². The number of methoxy groups -OCH3 is 1. The highest BCUT2D eigenvalue weighted by atomic mass is 19.1. The maximum atomic E-state index is 13.4. The van der Waals surface area contributed by atoms with Crippen LogP contribution in [-0.2, 0) is 11.2 Å². The molecule has 172 valence electrons. The number of nitrogens with zero attached hydrogens (tertiary/aromatic N) is 1. The van der Waals surface area contributed by atoms with Gasteiger partial charge in [-0.2, -0.15) is 0 Å². The van der Waals surface area contributed by atoms with Gasteiger partial charge < -0.3 is 20.3 Å². The van der Waals surface area contributed by atoms with Gasteiger partial charge in [-0.1, -0.05) is 30.3 Å². The standard InChI is InChI=1S/C25H32FN3O3/c1-17(2)28-25(31)29-16-20(10-13-22(29)18-8-11-21(26)12-9-18)24(30)27-15-14-19-6-4-5-7-23(19)32-3/h4-9,11-12,17,20,22H,10,13-16H2,1-3H3,(H,27,30)(H,28,31). The third kappa shape index (κ3) is 5.99. The Bertz CT molecular complexity index is 917. The van der Waals surface area contributed by atoms with Gasteiger partial charge in [0.2, 0.25) is 5.91 Å². The second-order valence-electron chi connectivity index (χ2n) is 8.45. The molecule has 2 N–H and O–H groups in total. The molecule has 32 heavy (non-hydrogen) atoms. The monoisotopic (exact) mass is 441 g/mol. The first-order valence-electron chi connectivity index (χ1n) is 11.1. The van der Waals surface area contributed by atoms with Gasteiger partial charge in [0.1, 0.15) is 11.6 Å². The maximum absolute atomic E-state index is 13.4. The Balaban J connectivity index is 1.64. The predicted molar refractivity (Wildman–Crippen MR) is 122 cm³/mol. The molecule has 2 aromatic carbocycles. The lowest BCUT2D eigenvalue weighted by atomic mass is 9.88. The van der Waals surface area contributed by atoms with E-state index in [1.807, 2.05) is 38.1 Å². The highest BCUT2D eigenvalue weighted by Gasteiger charge is 2.35. The average molecular weight is 442 g/mol. The largest absolute Gasteiger partial charge is 0.496 e. The number of para-hydroxylation sites is 1. The number of hydrogen-bond donors (Lipinski definition) is 2. The van der Waals surface area contributed by atoms with Crippen LogP contribution in [0.3, 0.4) is 0 Å². The van der Waals surface area contributed by atoms with Gasteiger partial charge in [0.05, 0.1) is 19.1 Å². The van der Waals surface area contributed by atoms with Crippen molar-refractivity contribution in [3.05, 3.63) is 65.5 Å². The van der Waals surface area contributed by atoms with Crippen LogP contribution in [0.4, 0.5) is 9.18 Å². The minimum Gasteiger partial charge on any atom is -0.496 e. The fourth-order valence-electron chi connectivity index (χ4n) is 4.14. The van der Waals surface area contributed by atoms with E-state index in [2.05, 4.69) is 10.6 Å². The number of hydrogen-bond acceptors (Lipinski definition) is 3. The molecule has 0 aromatic heterocycles. The number of carbonyl (C=O) groups is 2. The fourth-order valence-corrected chi connectivity index (χ4v) is 4.14. The van der Waals surface area contributed by atoms with Gasteiger partial charge in [0.25, 0.3) is 0 Å². The predicted octanol–water partition coefficient (Wildman–Crippen LogP) is 4.06. The third-order valence-corrected chi connectivity index (χ3v) is 5.77. The molecule has 0 aliphatic carbocycles. The number of ether oxygens (including phenoxy) is 1. The molecule has 0 spiro atoms. The summed E-state index contributed by atoms with van der Waals surface area (Å²) in [7, 11) is 1.63. The molecule has 0 bridgehead atoms. The molecule has 6 nitrogen and oxygen atoms in total. The van der Waals surface area contributed by atoms with Crippen LogP contribution in [0.1, 0.15) is 43.9 Å². The van der Waals surface area contributed by atoms with Crippen LogP contribution in [0.2, 0.25) is 0 Å². The van der Waals surface area contributed by atoms with E-state index in [1.165, 1.54) is 12.1 Å². The number of halogens is 1. The Labute approximate surface area is 189 Å². The number of amides is 3. The molecule has 3 amide bonds. The Morgan fingerprint density at radius 2 is 1.84 bits per heavy atom. The summed E-state index contributed by atoms with van der Waals surface area (Å²) in [6.07, 6.45) is 1.97. The first-order valence-corrected chi connectivity index (χ1v) is 11.1.